The number of amides is 1. The molecule has 0 saturated heterocycles. The molecule has 3 rings (SSSR count). The fraction of sp³-hybridized carbons (Fsp3) is 0.316. The molecule has 7 heteroatoms. The van der Waals surface area contributed by atoms with Gasteiger partial charge in [0.05, 0.1) is 12.0 Å². The Kier molecular flexibility index (Phi) is 5.29. The lowest BCUT2D eigenvalue weighted by atomic mass is 10.1. The first-order valence-electron chi connectivity index (χ1n) is 8.44. The van der Waals surface area contributed by atoms with E-state index in [4.69, 9.17) is 4.74 Å². The van der Waals surface area contributed by atoms with E-state index < -0.39 is 10.0 Å². The van der Waals surface area contributed by atoms with Gasteiger partial charge in [0.15, 0.2) is 0 Å². The summed E-state index contributed by atoms with van der Waals surface area (Å²) in [5.74, 6) is 0.658. The smallest absolute Gasteiger partial charge is 0.240 e. The van der Waals surface area contributed by atoms with Gasteiger partial charge in [-0.3, -0.25) is 4.79 Å². The summed E-state index contributed by atoms with van der Waals surface area (Å²) < 4.78 is 33.2. The first-order valence-corrected chi connectivity index (χ1v) is 9.93. The lowest BCUT2D eigenvalue weighted by Crippen LogP contribution is -2.23. The highest BCUT2D eigenvalue weighted by Gasteiger charge is 2.19. The maximum atomic E-state index is 12.7. The number of anilines is 1. The van der Waals surface area contributed by atoms with Crippen LogP contribution in [0.15, 0.2) is 41.3 Å². The van der Waals surface area contributed by atoms with E-state index in [2.05, 4.69) is 10.0 Å². The van der Waals surface area contributed by atoms with Crippen LogP contribution in [0.1, 0.15) is 29.5 Å². The molecule has 1 amide bonds. The van der Waals surface area contributed by atoms with Crippen LogP contribution in [0.2, 0.25) is 0 Å². The summed E-state index contributed by atoms with van der Waals surface area (Å²) in [6.45, 7) is 2.11. The molecule has 2 N–H and O–H groups in total. The van der Waals surface area contributed by atoms with Crippen molar-refractivity contribution in [1.29, 1.82) is 0 Å². The van der Waals surface area contributed by atoms with Crippen LogP contribution in [-0.2, 0) is 27.8 Å². The summed E-state index contributed by atoms with van der Waals surface area (Å²) in [6.07, 6.45) is 1.83. The van der Waals surface area contributed by atoms with E-state index in [9.17, 15) is 13.2 Å². The molecule has 0 aliphatic carbocycles. The van der Waals surface area contributed by atoms with Gasteiger partial charge in [0.25, 0.3) is 0 Å². The summed E-state index contributed by atoms with van der Waals surface area (Å²) >= 11 is 0. The predicted molar refractivity (Wildman–Crippen MR) is 99.8 cm³/mol. The molecule has 2 aromatic rings. The van der Waals surface area contributed by atoms with Gasteiger partial charge >= 0.3 is 0 Å². The lowest BCUT2D eigenvalue weighted by Gasteiger charge is -2.12. The van der Waals surface area contributed by atoms with E-state index in [0.29, 0.717) is 30.7 Å². The Labute approximate surface area is 153 Å². The van der Waals surface area contributed by atoms with Gasteiger partial charge in [0.1, 0.15) is 5.75 Å². The number of hydrogen-bond acceptors (Lipinski definition) is 4. The molecule has 0 spiro atoms. The summed E-state index contributed by atoms with van der Waals surface area (Å²) in [4.78, 5) is 11.8. The quantitative estimate of drug-likeness (QED) is 0.843. The topological polar surface area (TPSA) is 84.5 Å². The Morgan fingerprint density at radius 3 is 2.73 bits per heavy atom. The van der Waals surface area contributed by atoms with E-state index in [1.54, 1.807) is 19.2 Å². The van der Waals surface area contributed by atoms with Gasteiger partial charge in [-0.2, -0.15) is 0 Å². The number of nitrogens with one attached hydrogen (secondary N) is 2. The Hall–Kier alpha value is -2.38. The number of methoxy groups -OCH3 is 1. The second kappa shape index (κ2) is 7.47. The maximum absolute atomic E-state index is 12.7. The molecular weight excluding hydrogens is 352 g/mol. The monoisotopic (exact) mass is 374 g/mol. The Morgan fingerprint density at radius 2 is 1.96 bits per heavy atom. The van der Waals surface area contributed by atoms with Crippen molar-refractivity contribution in [3.05, 3.63) is 53.1 Å². The largest absolute Gasteiger partial charge is 0.497 e. The molecule has 0 radical (unpaired) electrons. The molecular formula is C19H22N2O4S. The number of ether oxygens (including phenoxy) is 1. The molecule has 1 aliphatic heterocycles. The highest BCUT2D eigenvalue weighted by molar-refractivity contribution is 7.89. The predicted octanol–water partition coefficient (Wildman–Crippen LogP) is 2.76. The number of sulfonamides is 1. The van der Waals surface area contributed by atoms with Crippen LogP contribution < -0.4 is 14.8 Å². The van der Waals surface area contributed by atoms with Crippen molar-refractivity contribution in [1.82, 2.24) is 4.72 Å². The summed E-state index contributed by atoms with van der Waals surface area (Å²) in [5.41, 5.74) is 3.36. The Bertz CT molecular complexity index is 939. The van der Waals surface area contributed by atoms with Gasteiger partial charge in [-0.25, -0.2) is 13.1 Å². The van der Waals surface area contributed by atoms with Gasteiger partial charge in [-0.05, 0) is 66.8 Å². The number of carbonyl (C=O) groups is 1. The molecule has 6 nitrogen and oxygen atoms in total. The second-order valence-corrected chi connectivity index (χ2v) is 8.17. The van der Waals surface area contributed by atoms with Crippen LogP contribution >= 0.6 is 0 Å². The van der Waals surface area contributed by atoms with Crippen molar-refractivity contribution < 1.29 is 17.9 Å². The van der Waals surface area contributed by atoms with E-state index in [1.807, 2.05) is 25.1 Å². The van der Waals surface area contributed by atoms with E-state index in [0.717, 1.165) is 16.7 Å². The molecule has 138 valence electrons. The van der Waals surface area contributed by atoms with Crippen LogP contribution in [-0.4, -0.2) is 21.4 Å². The Balaban J connectivity index is 1.79. The van der Waals surface area contributed by atoms with Crippen LogP contribution in [0.5, 0.6) is 5.75 Å². The highest BCUT2D eigenvalue weighted by atomic mass is 32.2. The van der Waals surface area contributed by atoms with Crippen LogP contribution in [0.4, 0.5) is 5.69 Å². The number of rotatable bonds is 5. The fourth-order valence-corrected chi connectivity index (χ4v) is 4.09. The third kappa shape index (κ3) is 4.23. The first-order chi connectivity index (χ1) is 12.4. The molecule has 0 aromatic heterocycles. The van der Waals surface area contributed by atoms with Crippen molar-refractivity contribution in [2.45, 2.75) is 37.6 Å². The van der Waals surface area contributed by atoms with Gasteiger partial charge in [0, 0.05) is 18.7 Å². The van der Waals surface area contributed by atoms with Gasteiger partial charge in [-0.1, -0.05) is 6.07 Å². The Morgan fingerprint density at radius 1 is 1.15 bits per heavy atom. The van der Waals surface area contributed by atoms with E-state index in [-0.39, 0.29) is 17.3 Å². The molecule has 0 saturated carbocycles. The highest BCUT2D eigenvalue weighted by Crippen LogP contribution is 2.25. The zero-order valence-electron chi connectivity index (χ0n) is 14.8. The van der Waals surface area contributed by atoms with Crippen molar-refractivity contribution in [2.24, 2.45) is 0 Å². The van der Waals surface area contributed by atoms with Crippen LogP contribution in [0.25, 0.3) is 0 Å². The van der Waals surface area contributed by atoms with Gasteiger partial charge in [0.2, 0.25) is 15.9 Å². The normalized spacial score (nSPS) is 14.3. The average molecular weight is 374 g/mol. The van der Waals surface area contributed by atoms with Crippen LogP contribution in [0, 0.1) is 6.92 Å². The second-order valence-electron chi connectivity index (χ2n) is 6.40. The molecule has 1 aliphatic rings. The van der Waals surface area contributed by atoms with Crippen molar-refractivity contribution >= 4 is 21.6 Å². The molecule has 0 atom stereocenters. The zero-order chi connectivity index (χ0) is 18.7. The first kappa shape index (κ1) is 18.4. The van der Waals surface area contributed by atoms with Crippen molar-refractivity contribution in [3.63, 3.8) is 0 Å². The third-order valence-corrected chi connectivity index (χ3v) is 5.72. The zero-order valence-corrected chi connectivity index (χ0v) is 15.7. The minimum atomic E-state index is -3.65. The molecule has 26 heavy (non-hydrogen) atoms. The molecule has 2 aromatic carbocycles. The number of hydrogen-bond donors (Lipinski definition) is 2. The van der Waals surface area contributed by atoms with E-state index in [1.165, 1.54) is 6.07 Å². The fourth-order valence-electron chi connectivity index (χ4n) is 3.02. The molecule has 0 unspecified atom stereocenters. The number of carbonyl (C=O) groups excluding carboxylic acids is 1. The lowest BCUT2D eigenvalue weighted by molar-refractivity contribution is -0.116. The minimum absolute atomic E-state index is 0.0362. The van der Waals surface area contributed by atoms with Crippen LogP contribution in [0.3, 0.4) is 0 Å². The number of fused-ring (bicyclic) bond motifs is 1. The maximum Gasteiger partial charge on any atom is 0.240 e. The number of benzene rings is 2. The van der Waals surface area contributed by atoms with Gasteiger partial charge < -0.3 is 10.1 Å². The molecule has 0 bridgehead atoms. The average Bonchev–Trinajstić information content (AvgIpc) is 2.79. The van der Waals surface area contributed by atoms with Crippen molar-refractivity contribution in [3.8, 4) is 5.75 Å². The molecule has 0 fully saturated rings. The summed E-state index contributed by atoms with van der Waals surface area (Å²) in [5, 5.41) is 2.81. The SMILES string of the molecule is COc1cc(C)cc(CNS(=O)(=O)c2ccc3c(c2)CCCC(=O)N3)c1. The summed E-state index contributed by atoms with van der Waals surface area (Å²) in [6, 6.07) is 10.4. The summed E-state index contributed by atoms with van der Waals surface area (Å²) in [7, 11) is -2.07. The van der Waals surface area contributed by atoms with Crippen molar-refractivity contribution in [2.75, 3.05) is 12.4 Å². The number of aryl methyl sites for hydroxylation is 2. The standard InChI is InChI=1S/C19H22N2O4S/c1-13-8-14(10-16(9-13)25-2)12-20-26(23,24)17-6-7-18-15(11-17)4-3-5-19(22)21-18/h6-11,20H,3-5,12H2,1-2H3,(H,21,22). The minimum Gasteiger partial charge on any atom is -0.497 e. The van der Waals surface area contributed by atoms with E-state index >= 15 is 0 Å². The van der Waals surface area contributed by atoms with Gasteiger partial charge in [-0.15, -0.1) is 0 Å². The third-order valence-electron chi connectivity index (χ3n) is 4.32. The molecule has 1 heterocycles.